The summed E-state index contributed by atoms with van der Waals surface area (Å²) in [5.41, 5.74) is 0.893. The van der Waals surface area contributed by atoms with Gasteiger partial charge in [-0.1, -0.05) is 31.2 Å². The van der Waals surface area contributed by atoms with E-state index >= 15 is 0 Å². The zero-order valence-electron chi connectivity index (χ0n) is 11.4. The van der Waals surface area contributed by atoms with Gasteiger partial charge in [0.05, 0.1) is 9.63 Å². The lowest BCUT2D eigenvalue weighted by molar-refractivity contribution is 0.0885. The van der Waals surface area contributed by atoms with Crippen LogP contribution in [0.4, 0.5) is 0 Å². The molecule has 3 nitrogen and oxygen atoms in total. The van der Waals surface area contributed by atoms with E-state index in [1.165, 1.54) is 6.04 Å². The molecule has 0 saturated carbocycles. The van der Waals surface area contributed by atoms with E-state index in [0.29, 0.717) is 11.8 Å². The first-order chi connectivity index (χ1) is 8.87. The minimum Gasteiger partial charge on any atom is -0.361 e. The van der Waals surface area contributed by atoms with Gasteiger partial charge in [-0.2, -0.15) is 0 Å². The number of pyridine rings is 1. The van der Waals surface area contributed by atoms with Gasteiger partial charge >= 0.3 is 0 Å². The lowest BCUT2D eigenvalue weighted by Crippen LogP contribution is -2.22. The average Bonchev–Trinajstić information content (AvgIpc) is 2.58. The Kier molecular flexibility index (Phi) is 4.71. The highest BCUT2D eigenvalue weighted by Gasteiger charge is 2.13. The van der Waals surface area contributed by atoms with Crippen LogP contribution in [0, 0.1) is 0 Å². The van der Waals surface area contributed by atoms with Crippen LogP contribution in [0.1, 0.15) is 0 Å². The fourth-order valence-corrected chi connectivity index (χ4v) is 3.18. The number of hydrogen-bond donors (Lipinski definition) is 0. The third-order valence-electron chi connectivity index (χ3n) is 2.87. The molecule has 0 radical (unpaired) electrons. The quantitative estimate of drug-likeness (QED) is 0.567. The summed E-state index contributed by atoms with van der Waals surface area (Å²) in [4.78, 5) is 4.36. The van der Waals surface area contributed by atoms with Gasteiger partial charge in [0.25, 0.3) is 0 Å². The molecule has 104 valence electrons. The van der Waals surface area contributed by atoms with E-state index in [9.17, 15) is 0 Å². The highest BCUT2D eigenvalue weighted by Crippen LogP contribution is 2.24. The molecule has 0 fully saturated rings. The Morgan fingerprint density at radius 1 is 1.37 bits per heavy atom. The molecule has 0 amide bonds. The van der Waals surface area contributed by atoms with Crippen molar-refractivity contribution in [3.8, 4) is 0 Å². The summed E-state index contributed by atoms with van der Waals surface area (Å²) in [5.74, 6) is 0. The molecule has 0 saturated heterocycles. The summed E-state index contributed by atoms with van der Waals surface area (Å²) in [6.45, 7) is 8.36. The highest BCUT2D eigenvalue weighted by molar-refractivity contribution is 9.10. The summed E-state index contributed by atoms with van der Waals surface area (Å²) in [6, 6.07) is 5.09. The Morgan fingerprint density at radius 2 is 2.11 bits per heavy atom. The smallest absolute Gasteiger partial charge is 0.142 e. The molecule has 0 unspecified atom stereocenters. The normalized spacial score (nSPS) is 12.3. The van der Waals surface area contributed by atoms with Crippen LogP contribution in [-0.2, 0) is 11.5 Å². The van der Waals surface area contributed by atoms with E-state index in [4.69, 9.17) is 16.3 Å². The molecule has 0 atom stereocenters. The number of nitrogens with zero attached hydrogens (tertiary/aromatic N) is 2. The maximum Gasteiger partial charge on any atom is 0.142 e. The van der Waals surface area contributed by atoms with Crippen LogP contribution in [0.5, 0.6) is 0 Å². The maximum absolute atomic E-state index is 5.94. The van der Waals surface area contributed by atoms with Crippen LogP contribution in [-0.4, -0.2) is 24.2 Å². The summed E-state index contributed by atoms with van der Waals surface area (Å²) in [7, 11) is -1.03. The Balaban J connectivity index is 2.06. The third kappa shape index (κ3) is 4.05. The molecule has 6 heteroatoms. The van der Waals surface area contributed by atoms with Crippen molar-refractivity contribution < 1.29 is 4.74 Å². The Bertz CT molecular complexity index is 580. The van der Waals surface area contributed by atoms with Gasteiger partial charge in [0.2, 0.25) is 0 Å². The molecule has 0 N–H and O–H groups in total. The first-order valence-corrected chi connectivity index (χ1v) is 11.1. The molecule has 19 heavy (non-hydrogen) atoms. The lowest BCUT2D eigenvalue weighted by atomic mass is 10.3. The van der Waals surface area contributed by atoms with Crippen LogP contribution in [0.25, 0.3) is 11.0 Å². The monoisotopic (exact) mass is 360 g/mol. The van der Waals surface area contributed by atoms with E-state index < -0.39 is 8.07 Å². The molecule has 2 heterocycles. The topological polar surface area (TPSA) is 27.1 Å². The van der Waals surface area contributed by atoms with Crippen molar-refractivity contribution in [1.82, 2.24) is 9.55 Å². The summed E-state index contributed by atoms with van der Waals surface area (Å²) < 4.78 is 8.74. The molecule has 0 aliphatic heterocycles. The van der Waals surface area contributed by atoms with E-state index in [1.807, 2.05) is 16.7 Å². The number of hydrogen-bond acceptors (Lipinski definition) is 2. The van der Waals surface area contributed by atoms with Gasteiger partial charge < -0.3 is 4.74 Å². The van der Waals surface area contributed by atoms with Crippen molar-refractivity contribution in [1.29, 1.82) is 0 Å². The molecule has 2 rings (SSSR count). The predicted octanol–water partition coefficient (Wildman–Crippen LogP) is 4.76. The van der Waals surface area contributed by atoms with Crippen molar-refractivity contribution in [2.45, 2.75) is 32.4 Å². The zero-order chi connectivity index (χ0) is 14.0. The van der Waals surface area contributed by atoms with Crippen LogP contribution in [0.15, 0.2) is 22.9 Å². The Labute approximate surface area is 128 Å². The van der Waals surface area contributed by atoms with E-state index in [1.54, 1.807) is 6.20 Å². The second-order valence-corrected chi connectivity index (χ2v) is 12.7. The van der Waals surface area contributed by atoms with Gasteiger partial charge in [0.1, 0.15) is 12.4 Å². The maximum atomic E-state index is 5.94. The van der Waals surface area contributed by atoms with Crippen molar-refractivity contribution in [2.24, 2.45) is 0 Å². The van der Waals surface area contributed by atoms with Crippen molar-refractivity contribution >= 4 is 46.6 Å². The fraction of sp³-hybridized carbons (Fsp3) is 0.462. The first-order valence-electron chi connectivity index (χ1n) is 6.25. The van der Waals surface area contributed by atoms with Crippen molar-refractivity contribution in [2.75, 3.05) is 6.61 Å². The molecule has 2 aromatic heterocycles. The number of rotatable bonds is 5. The number of halogens is 2. The van der Waals surface area contributed by atoms with Gasteiger partial charge in [-0.3, -0.25) is 4.57 Å². The van der Waals surface area contributed by atoms with Gasteiger partial charge in [0.15, 0.2) is 0 Å². The summed E-state index contributed by atoms with van der Waals surface area (Å²) in [5, 5.41) is 1.67. The minimum atomic E-state index is -1.03. The van der Waals surface area contributed by atoms with E-state index in [-0.39, 0.29) is 0 Å². The van der Waals surface area contributed by atoms with Crippen molar-refractivity contribution in [3.63, 3.8) is 0 Å². The fourth-order valence-electron chi connectivity index (χ4n) is 1.74. The lowest BCUT2D eigenvalue weighted by Gasteiger charge is -2.16. The summed E-state index contributed by atoms with van der Waals surface area (Å²) in [6.07, 6.45) is 1.66. The number of aromatic nitrogens is 2. The molecule has 0 bridgehead atoms. The predicted molar refractivity (Wildman–Crippen MR) is 86.5 cm³/mol. The average molecular weight is 362 g/mol. The minimum absolute atomic E-state index is 0.517. The van der Waals surface area contributed by atoms with Crippen LogP contribution >= 0.6 is 27.5 Å². The highest BCUT2D eigenvalue weighted by atomic mass is 79.9. The molecular weight excluding hydrogens is 344 g/mol. The molecule has 0 aromatic carbocycles. The molecular formula is C13H18BrClN2OSi. The first kappa shape index (κ1) is 15.0. The Hall–Kier alpha value is -0.363. The standard InChI is InChI=1S/C13H18BrClN2OSi/c1-19(2,3)5-4-18-9-17-12(14)7-10-6-11(15)8-16-13(10)17/h6-8H,4-5,9H2,1-3H3. The SMILES string of the molecule is C[Si](C)(C)CCOCn1c(Br)cc2cc(Cl)cnc21. The number of ether oxygens (including phenoxy) is 1. The molecule has 0 spiro atoms. The zero-order valence-corrected chi connectivity index (χ0v) is 14.8. The van der Waals surface area contributed by atoms with E-state index in [0.717, 1.165) is 22.2 Å². The summed E-state index contributed by atoms with van der Waals surface area (Å²) >= 11 is 9.48. The Morgan fingerprint density at radius 3 is 2.79 bits per heavy atom. The van der Waals surface area contributed by atoms with Gasteiger partial charge in [0, 0.05) is 26.3 Å². The van der Waals surface area contributed by atoms with Gasteiger partial charge in [-0.05, 0) is 34.1 Å². The van der Waals surface area contributed by atoms with Gasteiger partial charge in [-0.25, -0.2) is 4.98 Å². The van der Waals surface area contributed by atoms with Gasteiger partial charge in [-0.15, -0.1) is 0 Å². The van der Waals surface area contributed by atoms with E-state index in [2.05, 4.69) is 40.6 Å². The second kappa shape index (κ2) is 5.95. The van der Waals surface area contributed by atoms with Crippen molar-refractivity contribution in [3.05, 3.63) is 28.0 Å². The van der Waals surface area contributed by atoms with Crippen LogP contribution in [0.3, 0.4) is 0 Å². The van der Waals surface area contributed by atoms with Crippen LogP contribution in [0.2, 0.25) is 30.7 Å². The molecule has 2 aromatic rings. The largest absolute Gasteiger partial charge is 0.361 e. The second-order valence-electron chi connectivity index (χ2n) is 5.81. The van der Waals surface area contributed by atoms with Crippen LogP contribution < -0.4 is 0 Å². The molecule has 0 aliphatic rings. The third-order valence-corrected chi connectivity index (χ3v) is 5.43. The molecule has 0 aliphatic carbocycles. The number of fused-ring (bicyclic) bond motifs is 1.